The number of aromatic nitrogens is 3. The molecule has 0 amide bonds. The third-order valence-corrected chi connectivity index (χ3v) is 4.38. The summed E-state index contributed by atoms with van der Waals surface area (Å²) in [6, 6.07) is 14.1. The van der Waals surface area contributed by atoms with Crippen molar-refractivity contribution in [1.82, 2.24) is 14.9 Å². The summed E-state index contributed by atoms with van der Waals surface area (Å²) in [7, 11) is 0. The van der Waals surface area contributed by atoms with Crippen LogP contribution in [0.15, 0.2) is 64.2 Å². The quantitative estimate of drug-likeness (QED) is 0.519. The van der Waals surface area contributed by atoms with Crippen LogP contribution < -0.4 is 0 Å². The molecular formula is C16H14N4S2. The maximum Gasteiger partial charge on any atom is 0.212 e. The van der Waals surface area contributed by atoms with Gasteiger partial charge in [-0.15, -0.1) is 21.5 Å². The zero-order valence-corrected chi connectivity index (χ0v) is 13.6. The fraction of sp³-hybridized carbons (Fsp3) is 0.0625. The minimum Gasteiger partial charge on any atom is -0.186 e. The number of benzene rings is 1. The molecule has 1 aromatic carbocycles. The predicted octanol–water partition coefficient (Wildman–Crippen LogP) is 4.28. The number of thiophene rings is 1. The molecular weight excluding hydrogens is 312 g/mol. The Morgan fingerprint density at radius 1 is 1.14 bits per heavy atom. The zero-order chi connectivity index (χ0) is 15.2. The van der Waals surface area contributed by atoms with Crippen LogP contribution >= 0.6 is 23.1 Å². The van der Waals surface area contributed by atoms with E-state index in [1.165, 1.54) is 11.8 Å². The van der Waals surface area contributed by atoms with E-state index in [0.717, 1.165) is 21.4 Å². The van der Waals surface area contributed by atoms with Gasteiger partial charge in [0.15, 0.2) is 5.82 Å². The van der Waals surface area contributed by atoms with Gasteiger partial charge in [-0.25, -0.2) is 0 Å². The van der Waals surface area contributed by atoms with Gasteiger partial charge < -0.3 is 0 Å². The number of hydrogen-bond donors (Lipinski definition) is 0. The molecule has 2 aromatic heterocycles. The first-order chi connectivity index (χ1) is 10.9. The fourth-order valence-electron chi connectivity index (χ4n) is 1.88. The van der Waals surface area contributed by atoms with Crippen molar-refractivity contribution in [3.8, 4) is 10.7 Å². The number of rotatable bonds is 5. The second kappa shape index (κ2) is 7.20. The molecule has 3 rings (SSSR count). The standard InChI is InChI=1S/C16H14N4S2/c1-21-16-19-18-15(14-10-6-12-22-14)20(16)17-11-5-9-13-7-3-2-4-8-13/h2-12H,1H3/b9-5+,17-11+. The third kappa shape index (κ3) is 3.35. The first-order valence-electron chi connectivity index (χ1n) is 6.68. The summed E-state index contributed by atoms with van der Waals surface area (Å²) in [5.74, 6) is 0.767. The third-order valence-electron chi connectivity index (χ3n) is 2.89. The summed E-state index contributed by atoms with van der Waals surface area (Å²) in [4.78, 5) is 1.05. The van der Waals surface area contributed by atoms with Gasteiger partial charge in [-0.3, -0.25) is 0 Å². The highest BCUT2D eigenvalue weighted by Crippen LogP contribution is 2.26. The van der Waals surface area contributed by atoms with Gasteiger partial charge in [0.2, 0.25) is 5.16 Å². The van der Waals surface area contributed by atoms with Gasteiger partial charge in [-0.1, -0.05) is 54.2 Å². The van der Waals surface area contributed by atoms with Crippen LogP contribution in [0.4, 0.5) is 0 Å². The van der Waals surface area contributed by atoms with Crippen molar-refractivity contribution in [2.24, 2.45) is 5.10 Å². The lowest BCUT2D eigenvalue weighted by atomic mass is 10.2. The summed E-state index contributed by atoms with van der Waals surface area (Å²) in [6.45, 7) is 0. The lowest BCUT2D eigenvalue weighted by molar-refractivity contribution is 0.775. The van der Waals surface area contributed by atoms with E-state index >= 15 is 0 Å². The average molecular weight is 326 g/mol. The van der Waals surface area contributed by atoms with E-state index in [-0.39, 0.29) is 0 Å². The molecule has 0 bridgehead atoms. The molecule has 0 unspecified atom stereocenters. The normalized spacial score (nSPS) is 11.7. The van der Waals surface area contributed by atoms with Crippen molar-refractivity contribution in [3.05, 3.63) is 59.5 Å². The Balaban J connectivity index is 1.84. The maximum absolute atomic E-state index is 4.47. The van der Waals surface area contributed by atoms with E-state index in [9.17, 15) is 0 Å². The Bertz CT molecular complexity index is 774. The first-order valence-corrected chi connectivity index (χ1v) is 8.78. The molecule has 110 valence electrons. The minimum absolute atomic E-state index is 0.767. The Hall–Kier alpha value is -2.18. The van der Waals surface area contributed by atoms with Crippen LogP contribution in [0.3, 0.4) is 0 Å². The van der Waals surface area contributed by atoms with Crippen molar-refractivity contribution in [2.75, 3.05) is 6.26 Å². The summed E-state index contributed by atoms with van der Waals surface area (Å²) in [6.07, 6.45) is 7.65. The van der Waals surface area contributed by atoms with E-state index in [1.807, 2.05) is 66.3 Å². The van der Waals surface area contributed by atoms with Crippen LogP contribution in [0, 0.1) is 0 Å². The molecule has 3 aromatic rings. The van der Waals surface area contributed by atoms with Crippen LogP contribution in [0.5, 0.6) is 0 Å². The minimum atomic E-state index is 0.767. The monoisotopic (exact) mass is 326 g/mol. The molecule has 2 heterocycles. The maximum atomic E-state index is 4.47. The molecule has 0 radical (unpaired) electrons. The molecule has 0 aliphatic carbocycles. The van der Waals surface area contributed by atoms with Gasteiger partial charge in [-0.2, -0.15) is 9.78 Å². The molecule has 0 saturated heterocycles. The lowest BCUT2D eigenvalue weighted by Crippen LogP contribution is -1.93. The summed E-state index contributed by atoms with van der Waals surface area (Å²) < 4.78 is 1.77. The van der Waals surface area contributed by atoms with Crippen molar-refractivity contribution in [2.45, 2.75) is 5.16 Å². The van der Waals surface area contributed by atoms with Crippen LogP contribution in [0.2, 0.25) is 0 Å². The van der Waals surface area contributed by atoms with Crippen molar-refractivity contribution in [3.63, 3.8) is 0 Å². The van der Waals surface area contributed by atoms with E-state index in [2.05, 4.69) is 15.3 Å². The van der Waals surface area contributed by atoms with Crippen LogP contribution in [-0.4, -0.2) is 27.3 Å². The number of hydrogen-bond acceptors (Lipinski definition) is 5. The number of thioether (sulfide) groups is 1. The van der Waals surface area contributed by atoms with Crippen molar-refractivity contribution < 1.29 is 0 Å². The molecule has 6 heteroatoms. The first kappa shape index (κ1) is 14.7. The van der Waals surface area contributed by atoms with Gasteiger partial charge >= 0.3 is 0 Å². The lowest BCUT2D eigenvalue weighted by Gasteiger charge is -1.99. The SMILES string of the molecule is CSc1nnc(-c2cccs2)n1/N=C/C=C/c1ccccc1. The molecule has 0 N–H and O–H groups in total. The van der Waals surface area contributed by atoms with Crippen LogP contribution in [-0.2, 0) is 0 Å². The highest BCUT2D eigenvalue weighted by Gasteiger charge is 2.12. The van der Waals surface area contributed by atoms with Gasteiger partial charge in [-0.05, 0) is 29.3 Å². The van der Waals surface area contributed by atoms with Crippen molar-refractivity contribution >= 4 is 35.4 Å². The summed E-state index contributed by atoms with van der Waals surface area (Å²) in [5, 5.41) is 15.7. The van der Waals surface area contributed by atoms with Gasteiger partial charge in [0.05, 0.1) is 4.88 Å². The predicted molar refractivity (Wildman–Crippen MR) is 94.5 cm³/mol. The molecule has 0 atom stereocenters. The Kier molecular flexibility index (Phi) is 4.82. The second-order valence-electron chi connectivity index (χ2n) is 4.33. The van der Waals surface area contributed by atoms with Crippen molar-refractivity contribution in [1.29, 1.82) is 0 Å². The molecule has 0 fully saturated rings. The topological polar surface area (TPSA) is 43.1 Å². The average Bonchev–Trinajstić information content (AvgIpc) is 3.21. The Labute approximate surface area is 137 Å². The molecule has 22 heavy (non-hydrogen) atoms. The number of allylic oxidation sites excluding steroid dienone is 1. The van der Waals surface area contributed by atoms with Crippen LogP contribution in [0.25, 0.3) is 16.8 Å². The van der Waals surface area contributed by atoms with E-state index < -0.39 is 0 Å². The Morgan fingerprint density at radius 3 is 2.73 bits per heavy atom. The van der Waals surface area contributed by atoms with E-state index in [1.54, 1.807) is 22.2 Å². The highest BCUT2D eigenvalue weighted by molar-refractivity contribution is 7.98. The fourth-order valence-corrected chi connectivity index (χ4v) is 3.00. The van der Waals surface area contributed by atoms with E-state index in [4.69, 9.17) is 0 Å². The van der Waals surface area contributed by atoms with Gasteiger partial charge in [0.25, 0.3) is 0 Å². The molecule has 0 spiro atoms. The molecule has 0 saturated carbocycles. The molecule has 0 aliphatic heterocycles. The zero-order valence-electron chi connectivity index (χ0n) is 12.0. The number of nitrogens with zero attached hydrogens (tertiary/aromatic N) is 4. The smallest absolute Gasteiger partial charge is 0.186 e. The highest BCUT2D eigenvalue weighted by atomic mass is 32.2. The van der Waals surface area contributed by atoms with Gasteiger partial charge in [0.1, 0.15) is 0 Å². The Morgan fingerprint density at radius 2 is 2.00 bits per heavy atom. The summed E-state index contributed by atoms with van der Waals surface area (Å²) >= 11 is 3.15. The summed E-state index contributed by atoms with van der Waals surface area (Å²) in [5.41, 5.74) is 1.14. The van der Waals surface area contributed by atoms with Crippen LogP contribution in [0.1, 0.15) is 5.56 Å². The molecule has 0 aliphatic rings. The molecule has 4 nitrogen and oxygen atoms in total. The second-order valence-corrected chi connectivity index (χ2v) is 6.05. The van der Waals surface area contributed by atoms with Gasteiger partial charge in [0, 0.05) is 6.21 Å². The van der Waals surface area contributed by atoms with E-state index in [0.29, 0.717) is 0 Å². The largest absolute Gasteiger partial charge is 0.212 e.